The van der Waals surface area contributed by atoms with Crippen molar-refractivity contribution in [2.24, 2.45) is 5.73 Å². The van der Waals surface area contributed by atoms with Crippen molar-refractivity contribution >= 4 is 21.4 Å². The van der Waals surface area contributed by atoms with Gasteiger partial charge in [0.05, 0.1) is 12.2 Å². The van der Waals surface area contributed by atoms with Crippen molar-refractivity contribution in [3.05, 3.63) is 57.9 Å². The number of pyridine rings is 1. The van der Waals surface area contributed by atoms with Crippen LogP contribution in [0.2, 0.25) is 0 Å². The molecule has 1 amide bonds. The van der Waals surface area contributed by atoms with Gasteiger partial charge in [0, 0.05) is 27.2 Å². The Labute approximate surface area is 205 Å². The van der Waals surface area contributed by atoms with E-state index in [0.29, 0.717) is 4.76 Å². The predicted molar refractivity (Wildman–Crippen MR) is 121 cm³/mol. The number of halogens is 4. The molecule has 0 radical (unpaired) electrons. The third kappa shape index (κ3) is 5.12. The van der Waals surface area contributed by atoms with Crippen LogP contribution in [0.3, 0.4) is 0 Å². The third-order valence-corrected chi connectivity index (χ3v) is 8.10. The molecule has 3 N–H and O–H groups in total. The molecule has 0 fully saturated rings. The summed E-state index contributed by atoms with van der Waals surface area (Å²) in [5.41, 5.74) is 0.198. The van der Waals surface area contributed by atoms with E-state index in [9.17, 15) is 40.8 Å². The van der Waals surface area contributed by atoms with Crippen molar-refractivity contribution < 1.29 is 40.6 Å². The summed E-state index contributed by atoms with van der Waals surface area (Å²) < 4.78 is 80.9. The Morgan fingerprint density at radius 2 is 1.89 bits per heavy atom. The molecule has 8 nitrogen and oxygen atoms in total. The van der Waals surface area contributed by atoms with Gasteiger partial charge in [-0.05, 0) is 35.6 Å². The molecule has 2 aromatic rings. The number of hydrogen-bond donors (Lipinski definition) is 2. The van der Waals surface area contributed by atoms with E-state index in [4.69, 9.17) is 5.73 Å². The number of rotatable bonds is 8. The Hall–Kier alpha value is -2.93. The molecule has 1 aromatic heterocycles. The van der Waals surface area contributed by atoms with E-state index in [2.05, 4.69) is 4.98 Å². The summed E-state index contributed by atoms with van der Waals surface area (Å²) >= 11 is 0. The van der Waals surface area contributed by atoms with Gasteiger partial charge in [-0.3, -0.25) is 4.79 Å². The quantitative estimate of drug-likeness (QED) is 0.395. The summed E-state index contributed by atoms with van der Waals surface area (Å²) in [7, 11) is -3.71. The molecule has 13 heteroatoms. The monoisotopic (exact) mass is 532 g/mol. The molecule has 0 saturated heterocycles. The minimum Gasteiger partial charge on any atom is -0.380 e. The summed E-state index contributed by atoms with van der Waals surface area (Å²) in [6.45, 7) is 4.09. The number of benzene rings is 1. The van der Waals surface area contributed by atoms with Crippen LogP contribution in [0, 0.1) is 10.7 Å². The Morgan fingerprint density at radius 1 is 1.25 bits per heavy atom. The molecular formula is C23H26F4N3O5S+. The SMILES string of the molecule is CCS(=O)(=O)c1cc2c(cn1)[N+](=O)C(C[C@](O)(CC(C)(C)c1ccc(F)cc1C(N)=O)C(F)(F)F)C2. The average Bonchev–Trinajstić information content (AvgIpc) is 3.06. The van der Waals surface area contributed by atoms with Gasteiger partial charge < -0.3 is 10.8 Å². The molecule has 0 saturated carbocycles. The number of fused-ring (bicyclic) bond motifs is 1. The number of primary amides is 1. The number of nitrogens with zero attached hydrogens (tertiary/aromatic N) is 2. The largest absolute Gasteiger partial charge is 0.417 e. The number of sulfone groups is 1. The summed E-state index contributed by atoms with van der Waals surface area (Å²) in [6, 6.07) is 2.71. The molecule has 1 aliphatic heterocycles. The lowest BCUT2D eigenvalue weighted by Crippen LogP contribution is -2.52. The maximum absolute atomic E-state index is 14.2. The van der Waals surface area contributed by atoms with Gasteiger partial charge in [-0.1, -0.05) is 26.8 Å². The Morgan fingerprint density at radius 3 is 2.44 bits per heavy atom. The first-order valence-electron chi connectivity index (χ1n) is 11.0. The zero-order valence-electron chi connectivity index (χ0n) is 19.8. The fourth-order valence-corrected chi connectivity index (χ4v) is 5.48. The van der Waals surface area contributed by atoms with Gasteiger partial charge in [-0.25, -0.2) is 17.8 Å². The molecule has 3 rings (SSSR count). The van der Waals surface area contributed by atoms with E-state index in [1.807, 2.05) is 0 Å². The van der Waals surface area contributed by atoms with Gasteiger partial charge in [0.2, 0.25) is 11.9 Å². The van der Waals surface area contributed by atoms with E-state index in [0.717, 1.165) is 30.5 Å². The van der Waals surface area contributed by atoms with Crippen LogP contribution in [0.1, 0.15) is 55.1 Å². The first-order chi connectivity index (χ1) is 16.4. The first-order valence-corrected chi connectivity index (χ1v) is 12.6. The van der Waals surface area contributed by atoms with Gasteiger partial charge in [0.1, 0.15) is 12.0 Å². The Bertz CT molecular complexity index is 1330. The lowest BCUT2D eigenvalue weighted by atomic mass is 9.71. The second kappa shape index (κ2) is 9.18. The fraction of sp³-hybridized carbons (Fsp3) is 0.478. The number of aromatic nitrogens is 1. The summed E-state index contributed by atoms with van der Waals surface area (Å²) in [5.74, 6) is -2.10. The Kier molecular flexibility index (Phi) is 7.05. The molecule has 0 spiro atoms. The number of nitrogens with two attached hydrogens (primary N) is 1. The molecular weight excluding hydrogens is 506 g/mol. The summed E-state index contributed by atoms with van der Waals surface area (Å²) in [5, 5.41) is 10.6. The van der Waals surface area contributed by atoms with Crippen LogP contribution in [-0.2, 0) is 21.7 Å². The van der Waals surface area contributed by atoms with Crippen LogP contribution < -0.4 is 5.73 Å². The number of aliphatic hydroxyl groups is 1. The van der Waals surface area contributed by atoms with Crippen LogP contribution in [-0.4, -0.2) is 52.7 Å². The summed E-state index contributed by atoms with van der Waals surface area (Å²) in [4.78, 5) is 28.4. The van der Waals surface area contributed by atoms with Crippen LogP contribution in [0.5, 0.6) is 0 Å². The van der Waals surface area contributed by atoms with Gasteiger partial charge in [-0.15, -0.1) is 0 Å². The van der Waals surface area contributed by atoms with Gasteiger partial charge >= 0.3 is 6.18 Å². The molecule has 2 atom stereocenters. The van der Waals surface area contributed by atoms with Crippen molar-refractivity contribution in [3.63, 3.8) is 0 Å². The zero-order chi connectivity index (χ0) is 27.3. The smallest absolute Gasteiger partial charge is 0.380 e. The normalized spacial score (nSPS) is 18.1. The highest BCUT2D eigenvalue weighted by atomic mass is 32.2. The topological polar surface area (TPSA) is 130 Å². The molecule has 196 valence electrons. The van der Waals surface area contributed by atoms with Crippen LogP contribution in [0.4, 0.5) is 23.2 Å². The van der Waals surface area contributed by atoms with Crippen molar-refractivity contribution in [2.45, 2.75) is 68.3 Å². The average molecular weight is 533 g/mol. The highest BCUT2D eigenvalue weighted by molar-refractivity contribution is 7.91. The first kappa shape index (κ1) is 27.7. The molecule has 1 unspecified atom stereocenters. The van der Waals surface area contributed by atoms with Crippen molar-refractivity contribution in [1.82, 2.24) is 4.98 Å². The summed E-state index contributed by atoms with van der Waals surface area (Å²) in [6.07, 6.45) is -6.43. The predicted octanol–water partition coefficient (Wildman–Crippen LogP) is 3.50. The highest BCUT2D eigenvalue weighted by Gasteiger charge is 2.60. The fourth-order valence-electron chi connectivity index (χ4n) is 4.65. The Balaban J connectivity index is 1.96. The molecule has 1 aromatic carbocycles. The molecule has 2 heterocycles. The van der Waals surface area contributed by atoms with Gasteiger partial charge in [-0.2, -0.15) is 13.2 Å². The lowest BCUT2D eigenvalue weighted by molar-refractivity contribution is -0.503. The van der Waals surface area contributed by atoms with Gasteiger partial charge in [0.15, 0.2) is 20.5 Å². The maximum Gasteiger partial charge on any atom is 0.417 e. The van der Waals surface area contributed by atoms with Crippen LogP contribution in [0.25, 0.3) is 0 Å². The minimum atomic E-state index is -5.18. The number of nitroso groups, excluding NO2 is 1. The van der Waals surface area contributed by atoms with E-state index in [-0.39, 0.29) is 39.6 Å². The second-order valence-electron chi connectivity index (χ2n) is 9.59. The third-order valence-electron chi connectivity index (χ3n) is 6.48. The van der Waals surface area contributed by atoms with E-state index in [1.54, 1.807) is 0 Å². The molecule has 1 aliphatic rings. The van der Waals surface area contributed by atoms with Crippen LogP contribution in [0.15, 0.2) is 35.5 Å². The molecule has 0 aliphatic carbocycles. The van der Waals surface area contributed by atoms with Gasteiger partial charge in [0.25, 0.3) is 5.69 Å². The maximum atomic E-state index is 14.2. The number of hydrogen-bond acceptors (Lipinski definition) is 6. The highest BCUT2D eigenvalue weighted by Crippen LogP contribution is 2.46. The number of carbonyl (C=O) groups is 1. The second-order valence-corrected chi connectivity index (χ2v) is 11.8. The minimum absolute atomic E-state index is 0.00590. The van der Waals surface area contributed by atoms with Crippen LogP contribution >= 0.6 is 0 Å². The number of amides is 1. The lowest BCUT2D eigenvalue weighted by Gasteiger charge is -2.38. The van der Waals surface area contributed by atoms with Crippen molar-refractivity contribution in [2.75, 3.05) is 5.75 Å². The van der Waals surface area contributed by atoms with E-state index < -0.39 is 57.6 Å². The number of carbonyl (C=O) groups excluding carboxylic acids is 1. The number of alkyl halides is 3. The van der Waals surface area contributed by atoms with Crippen molar-refractivity contribution in [3.8, 4) is 0 Å². The van der Waals surface area contributed by atoms with E-state index >= 15 is 0 Å². The zero-order valence-corrected chi connectivity index (χ0v) is 20.6. The van der Waals surface area contributed by atoms with Crippen molar-refractivity contribution in [1.29, 1.82) is 0 Å². The standard InChI is InChI=1S/C23H25F4N3O5S/c1-4-36(34,35)19-8-13-7-15(30(33)18(13)11-29-19)10-22(32,23(25,26)27)12-21(2,3)17-6-5-14(24)9-16(17)20(28)31/h5-6,8-9,11,15,32H,4,7,10,12H2,1-3H3,(H-,28,31)/p+1/t15?,22-/m0/s1. The van der Waals surface area contributed by atoms with E-state index in [1.165, 1.54) is 20.8 Å². The molecule has 36 heavy (non-hydrogen) atoms. The molecule has 0 bridgehead atoms.